The highest BCUT2D eigenvalue weighted by Crippen LogP contribution is 2.21. The predicted molar refractivity (Wildman–Crippen MR) is 54.6 cm³/mol. The Balaban J connectivity index is 2.71. The van der Waals surface area contributed by atoms with Crippen LogP contribution in [0, 0.1) is 18.6 Å². The monoisotopic (exact) mass is 210 g/mol. The molecule has 0 bridgehead atoms. The van der Waals surface area contributed by atoms with Crippen molar-refractivity contribution in [2.24, 2.45) is 0 Å². The first-order valence-corrected chi connectivity index (χ1v) is 4.46. The standard InChI is InChI=1S/C7H10N6S/c1-3-5(4(2)10-9-3)6-11-12-7(14)13(6)8/h8H2,1-2H3,(H,9,10)(H,12,14). The Morgan fingerprint density at radius 1 is 1.29 bits per heavy atom. The van der Waals surface area contributed by atoms with Crippen LogP contribution >= 0.6 is 12.2 Å². The van der Waals surface area contributed by atoms with Crippen molar-refractivity contribution < 1.29 is 0 Å². The fraction of sp³-hybridized carbons (Fsp3) is 0.286. The van der Waals surface area contributed by atoms with Crippen molar-refractivity contribution in [1.82, 2.24) is 25.1 Å². The zero-order valence-corrected chi connectivity index (χ0v) is 8.64. The van der Waals surface area contributed by atoms with E-state index in [2.05, 4.69) is 20.4 Å². The first kappa shape index (κ1) is 8.95. The lowest BCUT2D eigenvalue weighted by molar-refractivity contribution is 0.981. The molecule has 0 aliphatic carbocycles. The molecule has 2 heterocycles. The summed E-state index contributed by atoms with van der Waals surface area (Å²) in [5.74, 6) is 6.30. The number of rotatable bonds is 1. The third kappa shape index (κ3) is 1.13. The molecule has 0 atom stereocenters. The quantitative estimate of drug-likeness (QED) is 0.476. The maximum atomic E-state index is 5.71. The zero-order valence-electron chi connectivity index (χ0n) is 7.83. The second-order valence-electron chi connectivity index (χ2n) is 3.03. The van der Waals surface area contributed by atoms with Gasteiger partial charge >= 0.3 is 0 Å². The van der Waals surface area contributed by atoms with E-state index in [1.54, 1.807) is 0 Å². The second-order valence-corrected chi connectivity index (χ2v) is 3.42. The van der Waals surface area contributed by atoms with Gasteiger partial charge in [-0.05, 0) is 26.1 Å². The van der Waals surface area contributed by atoms with Crippen LogP contribution in [0.2, 0.25) is 0 Å². The number of nitrogens with one attached hydrogen (secondary N) is 2. The molecule has 0 aromatic carbocycles. The molecule has 0 saturated carbocycles. The Morgan fingerprint density at radius 3 is 2.43 bits per heavy atom. The van der Waals surface area contributed by atoms with Crippen LogP contribution in [0.25, 0.3) is 11.4 Å². The van der Waals surface area contributed by atoms with Crippen molar-refractivity contribution in [3.8, 4) is 11.4 Å². The van der Waals surface area contributed by atoms with Gasteiger partial charge in [0.1, 0.15) is 0 Å². The molecular weight excluding hydrogens is 200 g/mol. The normalized spacial score (nSPS) is 10.7. The molecule has 0 aliphatic heterocycles. The van der Waals surface area contributed by atoms with E-state index < -0.39 is 0 Å². The van der Waals surface area contributed by atoms with Crippen LogP contribution in [0.3, 0.4) is 0 Å². The molecule has 4 N–H and O–H groups in total. The van der Waals surface area contributed by atoms with Crippen LogP contribution in [0.1, 0.15) is 11.4 Å². The molecule has 2 aromatic rings. The number of hydrogen-bond acceptors (Lipinski definition) is 4. The molecule has 0 unspecified atom stereocenters. The fourth-order valence-corrected chi connectivity index (χ4v) is 1.49. The molecule has 0 amide bonds. The smallest absolute Gasteiger partial charge is 0.214 e. The molecule has 0 radical (unpaired) electrons. The van der Waals surface area contributed by atoms with Crippen LogP contribution in [-0.2, 0) is 0 Å². The SMILES string of the molecule is Cc1n[nH]c(C)c1-c1n[nH]c(=S)n1N. The third-order valence-electron chi connectivity index (χ3n) is 2.06. The second kappa shape index (κ2) is 2.95. The minimum Gasteiger partial charge on any atom is -0.335 e. The highest BCUT2D eigenvalue weighted by Gasteiger charge is 2.14. The zero-order chi connectivity index (χ0) is 10.3. The average molecular weight is 210 g/mol. The van der Waals surface area contributed by atoms with Crippen molar-refractivity contribution in [3.63, 3.8) is 0 Å². The molecule has 74 valence electrons. The lowest BCUT2D eigenvalue weighted by atomic mass is 10.2. The molecule has 0 aliphatic rings. The molecule has 0 saturated heterocycles. The maximum Gasteiger partial charge on any atom is 0.214 e. The average Bonchev–Trinajstić information content (AvgIpc) is 2.62. The molecule has 7 heteroatoms. The van der Waals surface area contributed by atoms with Gasteiger partial charge in [0.15, 0.2) is 5.82 Å². The first-order valence-electron chi connectivity index (χ1n) is 4.05. The van der Waals surface area contributed by atoms with E-state index in [0.717, 1.165) is 17.0 Å². The van der Waals surface area contributed by atoms with Gasteiger partial charge in [0.25, 0.3) is 0 Å². The number of nitrogens with two attached hydrogens (primary N) is 1. The van der Waals surface area contributed by atoms with Crippen LogP contribution in [0.5, 0.6) is 0 Å². The van der Waals surface area contributed by atoms with Gasteiger partial charge in [0.2, 0.25) is 4.77 Å². The molecule has 14 heavy (non-hydrogen) atoms. The van der Waals surface area contributed by atoms with Crippen LogP contribution in [0.15, 0.2) is 0 Å². The van der Waals surface area contributed by atoms with Gasteiger partial charge in [-0.15, -0.1) is 0 Å². The molecule has 0 spiro atoms. The predicted octanol–water partition coefficient (Wildman–Crippen LogP) is 0.661. The minimum absolute atomic E-state index is 0.389. The van der Waals surface area contributed by atoms with Gasteiger partial charge in [-0.1, -0.05) is 0 Å². The summed E-state index contributed by atoms with van der Waals surface area (Å²) in [5, 5.41) is 13.6. The van der Waals surface area contributed by atoms with E-state index in [4.69, 9.17) is 18.1 Å². The summed E-state index contributed by atoms with van der Waals surface area (Å²) in [6.45, 7) is 3.80. The first-order chi connectivity index (χ1) is 6.61. The van der Waals surface area contributed by atoms with Gasteiger partial charge in [0, 0.05) is 5.69 Å². The Kier molecular flexibility index (Phi) is 1.88. The largest absolute Gasteiger partial charge is 0.335 e. The number of nitrogen functional groups attached to an aromatic ring is 1. The number of aromatic amines is 2. The van der Waals surface area contributed by atoms with Crippen molar-refractivity contribution in [2.45, 2.75) is 13.8 Å². The van der Waals surface area contributed by atoms with Crippen molar-refractivity contribution in [1.29, 1.82) is 0 Å². The van der Waals surface area contributed by atoms with Crippen LogP contribution in [-0.4, -0.2) is 25.1 Å². The van der Waals surface area contributed by atoms with E-state index in [9.17, 15) is 0 Å². The highest BCUT2D eigenvalue weighted by atomic mass is 32.1. The summed E-state index contributed by atoms with van der Waals surface area (Å²) >= 11 is 4.92. The summed E-state index contributed by atoms with van der Waals surface area (Å²) in [7, 11) is 0. The number of aromatic nitrogens is 5. The van der Waals surface area contributed by atoms with E-state index in [0.29, 0.717) is 10.6 Å². The van der Waals surface area contributed by atoms with Gasteiger partial charge in [-0.3, -0.25) is 5.10 Å². The van der Waals surface area contributed by atoms with E-state index >= 15 is 0 Å². The summed E-state index contributed by atoms with van der Waals surface area (Å²) in [6.07, 6.45) is 0. The molecule has 0 fully saturated rings. The maximum absolute atomic E-state index is 5.71. The molecular formula is C7H10N6S. The molecule has 2 rings (SSSR count). The minimum atomic E-state index is 0.389. The number of nitrogens with zero attached hydrogens (tertiary/aromatic N) is 3. The Hall–Kier alpha value is -1.63. The van der Waals surface area contributed by atoms with Crippen molar-refractivity contribution in [2.75, 3.05) is 5.84 Å². The number of aryl methyl sites for hydroxylation is 2. The Bertz CT molecular complexity index is 499. The fourth-order valence-electron chi connectivity index (χ4n) is 1.36. The van der Waals surface area contributed by atoms with Crippen LogP contribution in [0.4, 0.5) is 0 Å². The Morgan fingerprint density at radius 2 is 2.00 bits per heavy atom. The molecule has 2 aromatic heterocycles. The van der Waals surface area contributed by atoms with E-state index in [-0.39, 0.29) is 0 Å². The number of hydrogen-bond donors (Lipinski definition) is 3. The van der Waals surface area contributed by atoms with Crippen molar-refractivity contribution >= 4 is 12.2 Å². The summed E-state index contributed by atoms with van der Waals surface area (Å²) in [6, 6.07) is 0. The van der Waals surface area contributed by atoms with E-state index in [1.807, 2.05) is 13.8 Å². The number of H-pyrrole nitrogens is 2. The van der Waals surface area contributed by atoms with Gasteiger partial charge in [-0.2, -0.15) is 10.2 Å². The highest BCUT2D eigenvalue weighted by molar-refractivity contribution is 7.71. The van der Waals surface area contributed by atoms with Gasteiger partial charge < -0.3 is 5.84 Å². The van der Waals surface area contributed by atoms with Gasteiger partial charge in [0.05, 0.1) is 11.3 Å². The summed E-state index contributed by atoms with van der Waals surface area (Å²) in [4.78, 5) is 0. The van der Waals surface area contributed by atoms with E-state index in [1.165, 1.54) is 4.68 Å². The van der Waals surface area contributed by atoms with Crippen LogP contribution < -0.4 is 5.84 Å². The van der Waals surface area contributed by atoms with Gasteiger partial charge in [-0.25, -0.2) is 9.77 Å². The lowest BCUT2D eigenvalue weighted by Crippen LogP contribution is -2.10. The topological polar surface area (TPSA) is 88.3 Å². The molecule has 6 nitrogen and oxygen atoms in total. The summed E-state index contributed by atoms with van der Waals surface area (Å²) in [5.41, 5.74) is 2.66. The lowest BCUT2D eigenvalue weighted by Gasteiger charge is -1.98. The van der Waals surface area contributed by atoms with Crippen molar-refractivity contribution in [3.05, 3.63) is 16.2 Å². The third-order valence-corrected chi connectivity index (χ3v) is 2.34. The summed E-state index contributed by atoms with van der Waals surface area (Å²) < 4.78 is 1.72. The Labute approximate surface area is 85.1 Å².